The van der Waals surface area contributed by atoms with E-state index in [1.165, 1.54) is 4.68 Å². The molecule has 1 aromatic heterocycles. The predicted octanol–water partition coefficient (Wildman–Crippen LogP) is 4.54. The van der Waals surface area contributed by atoms with Crippen molar-refractivity contribution in [1.29, 1.82) is 0 Å². The van der Waals surface area contributed by atoms with Crippen molar-refractivity contribution in [3.05, 3.63) is 71.4 Å². The van der Waals surface area contributed by atoms with Crippen LogP contribution in [-0.2, 0) is 11.2 Å². The predicted molar refractivity (Wildman–Crippen MR) is 105 cm³/mol. The maximum Gasteiger partial charge on any atom is 0.418 e. The van der Waals surface area contributed by atoms with Crippen molar-refractivity contribution in [2.75, 3.05) is 5.32 Å². The minimum absolute atomic E-state index is 0.00728. The van der Waals surface area contributed by atoms with E-state index in [0.29, 0.717) is 30.0 Å². The van der Waals surface area contributed by atoms with Gasteiger partial charge in [0.05, 0.1) is 11.4 Å². The lowest BCUT2D eigenvalue weighted by Crippen LogP contribution is -2.19. The lowest BCUT2D eigenvalue weighted by atomic mass is 10.2. The molecule has 0 aliphatic rings. The monoisotopic (exact) mass is 399 g/mol. The van der Waals surface area contributed by atoms with Gasteiger partial charge in [-0.05, 0) is 37.1 Å². The largest absolute Gasteiger partial charge is 0.481 e. The Morgan fingerprint density at radius 3 is 2.36 bits per heavy atom. The summed E-state index contributed by atoms with van der Waals surface area (Å²) < 4.78 is 6.76. The minimum atomic E-state index is -0.886. The molecule has 0 radical (unpaired) electrons. The highest BCUT2D eigenvalue weighted by atomic mass is 35.5. The fourth-order valence-electron chi connectivity index (χ4n) is 2.59. The van der Waals surface area contributed by atoms with Gasteiger partial charge in [0.25, 0.3) is 0 Å². The molecule has 28 heavy (non-hydrogen) atoms. The lowest BCUT2D eigenvalue weighted by molar-refractivity contribution is -0.137. The van der Waals surface area contributed by atoms with Gasteiger partial charge in [0.15, 0.2) is 5.82 Å². The third-order valence-electron chi connectivity index (χ3n) is 3.87. The molecule has 8 heteroatoms. The number of benzene rings is 2. The summed E-state index contributed by atoms with van der Waals surface area (Å²) in [5.74, 6) is -0.230. The maximum atomic E-state index is 12.3. The molecule has 3 rings (SSSR count). The summed E-state index contributed by atoms with van der Waals surface area (Å²) in [5.41, 5.74) is 1.20. The number of nitrogens with one attached hydrogen (secondary N) is 1. The molecule has 0 spiro atoms. The van der Waals surface area contributed by atoms with Gasteiger partial charge in [0.2, 0.25) is 0 Å². The lowest BCUT2D eigenvalue weighted by Gasteiger charge is -2.09. The Balaban J connectivity index is 1.85. The number of halogens is 1. The van der Waals surface area contributed by atoms with Gasteiger partial charge in [0.1, 0.15) is 10.8 Å². The van der Waals surface area contributed by atoms with Crippen molar-refractivity contribution in [2.24, 2.45) is 0 Å². The first kappa shape index (κ1) is 19.4. The van der Waals surface area contributed by atoms with Gasteiger partial charge < -0.3 is 9.84 Å². The first-order chi connectivity index (χ1) is 13.5. The van der Waals surface area contributed by atoms with Crippen LogP contribution in [0.5, 0.6) is 5.75 Å². The van der Waals surface area contributed by atoms with Gasteiger partial charge in [0, 0.05) is 6.42 Å². The molecule has 2 N–H and O–H groups in total. The number of aliphatic carboxylic acids is 1. The number of nitrogens with zero attached hydrogens (tertiary/aromatic N) is 2. The van der Waals surface area contributed by atoms with Crippen LogP contribution in [0.15, 0.2) is 60.7 Å². The zero-order valence-corrected chi connectivity index (χ0v) is 15.6. The molecule has 7 nitrogen and oxygen atoms in total. The third-order valence-corrected chi connectivity index (χ3v) is 4.27. The first-order valence-corrected chi connectivity index (χ1v) is 9.01. The number of hydrogen-bond donors (Lipinski definition) is 2. The second-order valence-electron chi connectivity index (χ2n) is 5.93. The van der Waals surface area contributed by atoms with E-state index in [9.17, 15) is 9.59 Å². The van der Waals surface area contributed by atoms with E-state index in [2.05, 4.69) is 10.4 Å². The summed E-state index contributed by atoms with van der Waals surface area (Å²) in [4.78, 5) is 23.1. The standard InChI is InChI=1S/C20H18ClN3O4/c21-18-16(12-7-13-17(25)26)23-24(14-8-3-1-4-9-14)19(18)22-20(27)28-15-10-5-2-6-11-15/h1-6,8-11H,7,12-13H2,(H,22,27)(H,25,26). The Labute approximate surface area is 166 Å². The van der Waals surface area contributed by atoms with Crippen molar-refractivity contribution in [3.63, 3.8) is 0 Å². The van der Waals surface area contributed by atoms with Crippen molar-refractivity contribution < 1.29 is 19.4 Å². The molecule has 1 amide bonds. The molecular formula is C20H18ClN3O4. The number of aryl methyl sites for hydroxylation is 1. The number of anilines is 1. The average Bonchev–Trinajstić information content (AvgIpc) is 2.99. The summed E-state index contributed by atoms with van der Waals surface area (Å²) in [6.45, 7) is 0. The smallest absolute Gasteiger partial charge is 0.418 e. The number of para-hydroxylation sites is 2. The molecule has 0 saturated carbocycles. The molecule has 144 valence electrons. The number of aromatic nitrogens is 2. The molecule has 3 aromatic rings. The Kier molecular flexibility index (Phi) is 6.29. The number of ether oxygens (including phenoxy) is 1. The van der Waals surface area contributed by atoms with Crippen LogP contribution in [0.25, 0.3) is 5.69 Å². The number of carboxylic acids is 1. The Bertz CT molecular complexity index is 958. The van der Waals surface area contributed by atoms with E-state index in [-0.39, 0.29) is 17.3 Å². The summed E-state index contributed by atoms with van der Waals surface area (Å²) in [6, 6.07) is 17.8. The fourth-order valence-corrected chi connectivity index (χ4v) is 2.85. The van der Waals surface area contributed by atoms with E-state index >= 15 is 0 Å². The number of carbonyl (C=O) groups excluding carboxylic acids is 1. The van der Waals surface area contributed by atoms with E-state index in [1.807, 2.05) is 36.4 Å². The molecule has 1 heterocycles. The van der Waals surface area contributed by atoms with Crippen molar-refractivity contribution in [2.45, 2.75) is 19.3 Å². The molecule has 0 saturated heterocycles. The van der Waals surface area contributed by atoms with Gasteiger partial charge in [-0.1, -0.05) is 48.0 Å². The zero-order chi connectivity index (χ0) is 19.9. The van der Waals surface area contributed by atoms with Crippen LogP contribution in [0, 0.1) is 0 Å². The molecule has 0 unspecified atom stereocenters. The number of carboxylic acid groups (broad SMARTS) is 1. The van der Waals surface area contributed by atoms with E-state index in [1.54, 1.807) is 24.3 Å². The highest BCUT2D eigenvalue weighted by molar-refractivity contribution is 6.34. The summed E-state index contributed by atoms with van der Waals surface area (Å²) in [6.07, 6.45) is 0.0532. The highest BCUT2D eigenvalue weighted by Gasteiger charge is 2.20. The Hall–Kier alpha value is -3.32. The number of hydrogen-bond acceptors (Lipinski definition) is 4. The van der Waals surface area contributed by atoms with Crippen molar-refractivity contribution in [1.82, 2.24) is 9.78 Å². The molecule has 0 atom stereocenters. The van der Waals surface area contributed by atoms with Crippen LogP contribution in [0.1, 0.15) is 18.5 Å². The normalized spacial score (nSPS) is 10.5. The van der Waals surface area contributed by atoms with Crippen LogP contribution in [-0.4, -0.2) is 26.9 Å². The van der Waals surface area contributed by atoms with Crippen LogP contribution in [0.3, 0.4) is 0 Å². The van der Waals surface area contributed by atoms with Gasteiger partial charge in [-0.2, -0.15) is 5.10 Å². The number of amides is 1. The molecular weight excluding hydrogens is 382 g/mol. The van der Waals surface area contributed by atoms with Crippen LogP contribution >= 0.6 is 11.6 Å². The van der Waals surface area contributed by atoms with Crippen molar-refractivity contribution in [3.8, 4) is 11.4 Å². The fraction of sp³-hybridized carbons (Fsp3) is 0.150. The zero-order valence-electron chi connectivity index (χ0n) is 14.8. The van der Waals surface area contributed by atoms with Gasteiger partial charge in [-0.3, -0.25) is 10.1 Å². The number of carbonyl (C=O) groups is 2. The third kappa shape index (κ3) is 4.89. The minimum Gasteiger partial charge on any atom is -0.481 e. The van der Waals surface area contributed by atoms with Gasteiger partial charge in [-0.25, -0.2) is 9.48 Å². The number of rotatable bonds is 7. The van der Waals surface area contributed by atoms with E-state index < -0.39 is 12.1 Å². The first-order valence-electron chi connectivity index (χ1n) is 8.63. The molecule has 2 aromatic carbocycles. The summed E-state index contributed by atoms with van der Waals surface area (Å²) in [5, 5.41) is 16.2. The van der Waals surface area contributed by atoms with Gasteiger partial charge >= 0.3 is 12.1 Å². The molecule has 0 bridgehead atoms. The van der Waals surface area contributed by atoms with Crippen LogP contribution in [0.4, 0.5) is 10.6 Å². The summed E-state index contributed by atoms with van der Waals surface area (Å²) in [7, 11) is 0. The van der Waals surface area contributed by atoms with Crippen LogP contribution in [0.2, 0.25) is 5.02 Å². The van der Waals surface area contributed by atoms with E-state index in [0.717, 1.165) is 0 Å². The Morgan fingerprint density at radius 2 is 1.71 bits per heavy atom. The quantitative estimate of drug-likeness (QED) is 0.608. The molecule has 0 aliphatic carbocycles. The topological polar surface area (TPSA) is 93.5 Å². The maximum absolute atomic E-state index is 12.3. The molecule has 0 fully saturated rings. The van der Waals surface area contributed by atoms with E-state index in [4.69, 9.17) is 21.4 Å². The molecule has 0 aliphatic heterocycles. The average molecular weight is 400 g/mol. The SMILES string of the molecule is O=C(O)CCCc1nn(-c2ccccc2)c(NC(=O)Oc2ccccc2)c1Cl. The second kappa shape index (κ2) is 9.05. The van der Waals surface area contributed by atoms with Gasteiger partial charge in [-0.15, -0.1) is 0 Å². The van der Waals surface area contributed by atoms with Crippen molar-refractivity contribution >= 4 is 29.5 Å². The Morgan fingerprint density at radius 1 is 1.07 bits per heavy atom. The summed E-state index contributed by atoms with van der Waals surface area (Å²) >= 11 is 6.44. The highest BCUT2D eigenvalue weighted by Crippen LogP contribution is 2.30. The second-order valence-corrected chi connectivity index (χ2v) is 6.31. The van der Waals surface area contributed by atoms with Crippen LogP contribution < -0.4 is 10.1 Å².